The highest BCUT2D eigenvalue weighted by Gasteiger charge is 2.21. The predicted molar refractivity (Wildman–Crippen MR) is 165 cm³/mol. The largest absolute Gasteiger partial charge is 0.493 e. The number of nitrogens with two attached hydrogens (primary N) is 1. The molecule has 216 valence electrons. The summed E-state index contributed by atoms with van der Waals surface area (Å²) in [6.45, 7) is 2.73. The molecular weight excluding hydrogens is 528 g/mol. The fourth-order valence-corrected chi connectivity index (χ4v) is 4.37. The quantitative estimate of drug-likeness (QED) is 0.153. The van der Waals surface area contributed by atoms with Gasteiger partial charge in [0.25, 0.3) is 0 Å². The number of ketones is 1. The van der Waals surface area contributed by atoms with Crippen LogP contribution in [-0.4, -0.2) is 36.1 Å². The lowest BCUT2D eigenvalue weighted by molar-refractivity contribution is -0.137. The Balaban J connectivity index is 1.30. The van der Waals surface area contributed by atoms with Crippen LogP contribution >= 0.6 is 0 Å². The lowest BCUT2D eigenvalue weighted by Gasteiger charge is -2.18. The van der Waals surface area contributed by atoms with Crippen LogP contribution in [0.2, 0.25) is 0 Å². The summed E-state index contributed by atoms with van der Waals surface area (Å²) in [6, 6.07) is 22.2. The van der Waals surface area contributed by atoms with Gasteiger partial charge < -0.3 is 25.6 Å². The molecule has 0 aromatic heterocycles. The van der Waals surface area contributed by atoms with Gasteiger partial charge in [-0.25, -0.2) is 4.79 Å². The van der Waals surface area contributed by atoms with Gasteiger partial charge in [0.1, 0.15) is 24.2 Å². The van der Waals surface area contributed by atoms with Crippen molar-refractivity contribution in [3.8, 4) is 5.75 Å². The molecule has 1 aliphatic carbocycles. The predicted octanol–water partition coefficient (Wildman–Crippen LogP) is 6.44. The third kappa shape index (κ3) is 8.73. The van der Waals surface area contributed by atoms with E-state index in [2.05, 4.69) is 17.5 Å². The Hall–Kier alpha value is -5.04. The summed E-state index contributed by atoms with van der Waals surface area (Å²) in [5, 5.41) is 13.0. The minimum Gasteiger partial charge on any atom is -0.493 e. The van der Waals surface area contributed by atoms with Gasteiger partial charge in [-0.15, -0.1) is 0 Å². The number of ether oxygens (including phenoxy) is 2. The highest BCUT2D eigenvalue weighted by Crippen LogP contribution is 2.22. The van der Waals surface area contributed by atoms with E-state index in [1.807, 2.05) is 55.5 Å². The first kappa shape index (κ1) is 29.9. The zero-order chi connectivity index (χ0) is 29.7. The summed E-state index contributed by atoms with van der Waals surface area (Å²) in [5.41, 5.74) is 10.3. The Kier molecular flexibility index (Phi) is 10.8. The number of anilines is 1. The van der Waals surface area contributed by atoms with E-state index in [-0.39, 0.29) is 12.2 Å². The number of aliphatic carboxylic acids is 1. The van der Waals surface area contributed by atoms with Crippen molar-refractivity contribution in [3.63, 3.8) is 0 Å². The van der Waals surface area contributed by atoms with E-state index in [0.717, 1.165) is 12.0 Å². The Labute approximate surface area is 246 Å². The Bertz CT molecular complexity index is 1490. The second kappa shape index (κ2) is 15.1. The Morgan fingerprint density at radius 2 is 1.69 bits per heavy atom. The van der Waals surface area contributed by atoms with E-state index < -0.39 is 12.0 Å². The molecule has 0 spiro atoms. The molecule has 42 heavy (non-hydrogen) atoms. The van der Waals surface area contributed by atoms with Crippen molar-refractivity contribution in [1.82, 2.24) is 0 Å². The topological polar surface area (TPSA) is 111 Å². The molecule has 0 bridgehead atoms. The van der Waals surface area contributed by atoms with E-state index in [1.165, 1.54) is 5.57 Å². The summed E-state index contributed by atoms with van der Waals surface area (Å²) >= 11 is 0. The molecule has 4 N–H and O–H groups in total. The zero-order valence-electron chi connectivity index (χ0n) is 23.7. The van der Waals surface area contributed by atoms with Gasteiger partial charge in [-0.05, 0) is 48.7 Å². The maximum atomic E-state index is 13.1. The van der Waals surface area contributed by atoms with Gasteiger partial charge in [0.05, 0.1) is 6.61 Å². The highest BCUT2D eigenvalue weighted by atomic mass is 16.5. The number of allylic oxidation sites excluding steroid dienone is 6. The molecule has 0 saturated carbocycles. The van der Waals surface area contributed by atoms with Crippen LogP contribution in [0, 0.1) is 0 Å². The van der Waals surface area contributed by atoms with Gasteiger partial charge in [0, 0.05) is 35.4 Å². The fourth-order valence-electron chi connectivity index (χ4n) is 4.37. The van der Waals surface area contributed by atoms with Crippen molar-refractivity contribution in [1.29, 1.82) is 0 Å². The van der Waals surface area contributed by atoms with E-state index in [4.69, 9.17) is 15.2 Å². The van der Waals surface area contributed by atoms with E-state index in [0.29, 0.717) is 53.7 Å². The monoisotopic (exact) mass is 564 g/mol. The standard InChI is InChI=1S/C35H36N2O5/c1-25(42-24-27-11-5-2-3-6-12-27)31(36)21-22-41-29-19-17-26(18-20-29)23-33(35(39)40)37-32-16-10-9-15-30(32)34(38)28-13-7-4-8-14-28/h2-11,13-20,33,37H,12,21-24,36H2,1H3,(H,39,40)/b31-25-. The molecule has 1 unspecified atom stereocenters. The summed E-state index contributed by atoms with van der Waals surface area (Å²) < 4.78 is 11.7. The maximum Gasteiger partial charge on any atom is 0.326 e. The molecule has 4 rings (SSSR count). The van der Waals surface area contributed by atoms with Crippen LogP contribution in [0.5, 0.6) is 5.75 Å². The normalized spacial score (nSPS) is 13.8. The minimum absolute atomic E-state index is 0.173. The number of rotatable bonds is 14. The molecule has 1 atom stereocenters. The molecule has 0 amide bonds. The summed E-state index contributed by atoms with van der Waals surface area (Å²) in [6.07, 6.45) is 11.7. The van der Waals surface area contributed by atoms with Gasteiger partial charge in [0.15, 0.2) is 5.78 Å². The minimum atomic E-state index is -1.01. The van der Waals surface area contributed by atoms with Gasteiger partial charge in [0.2, 0.25) is 0 Å². The van der Waals surface area contributed by atoms with Crippen LogP contribution in [0.1, 0.15) is 41.3 Å². The van der Waals surface area contributed by atoms with Crippen molar-refractivity contribution >= 4 is 17.4 Å². The number of carboxylic acid groups (broad SMARTS) is 1. The summed E-state index contributed by atoms with van der Waals surface area (Å²) in [7, 11) is 0. The zero-order valence-corrected chi connectivity index (χ0v) is 23.7. The van der Waals surface area contributed by atoms with Crippen molar-refractivity contribution < 1.29 is 24.2 Å². The van der Waals surface area contributed by atoms with Crippen molar-refractivity contribution in [2.45, 2.75) is 32.2 Å². The van der Waals surface area contributed by atoms with Gasteiger partial charge >= 0.3 is 5.97 Å². The number of hydrogen-bond donors (Lipinski definition) is 3. The molecule has 7 nitrogen and oxygen atoms in total. The number of hydrogen-bond acceptors (Lipinski definition) is 6. The molecule has 3 aromatic carbocycles. The number of para-hydroxylation sites is 1. The summed E-state index contributed by atoms with van der Waals surface area (Å²) in [5.74, 6) is 0.158. The van der Waals surface area contributed by atoms with Crippen LogP contribution in [-0.2, 0) is 16.0 Å². The first-order valence-electron chi connectivity index (χ1n) is 13.9. The fraction of sp³-hybridized carbons (Fsp3) is 0.200. The number of nitrogens with one attached hydrogen (secondary N) is 1. The highest BCUT2D eigenvalue weighted by molar-refractivity contribution is 6.12. The number of carboxylic acids is 1. The van der Waals surface area contributed by atoms with Gasteiger partial charge in [-0.3, -0.25) is 4.79 Å². The van der Waals surface area contributed by atoms with Crippen LogP contribution in [0.4, 0.5) is 5.69 Å². The van der Waals surface area contributed by atoms with Crippen LogP contribution in [0.3, 0.4) is 0 Å². The van der Waals surface area contributed by atoms with Gasteiger partial charge in [-0.1, -0.05) is 85.0 Å². The molecule has 0 aliphatic heterocycles. The molecule has 0 saturated heterocycles. The molecule has 7 heteroatoms. The number of benzene rings is 3. The SMILES string of the molecule is C/C(OCC1=CC=CC=CC1)=C(/N)CCOc1ccc(CC(Nc2ccccc2C(=O)c2ccccc2)C(=O)O)cc1. The number of carbonyl (C=O) groups excluding carboxylic acids is 1. The Morgan fingerprint density at radius 3 is 2.45 bits per heavy atom. The molecule has 0 radical (unpaired) electrons. The number of carbonyl (C=O) groups is 2. The molecule has 3 aromatic rings. The van der Waals surface area contributed by atoms with Crippen LogP contribution < -0.4 is 15.8 Å². The molecule has 0 heterocycles. The van der Waals surface area contributed by atoms with E-state index in [9.17, 15) is 14.7 Å². The smallest absolute Gasteiger partial charge is 0.326 e. The molecule has 0 fully saturated rings. The van der Waals surface area contributed by atoms with E-state index >= 15 is 0 Å². The first-order valence-corrected chi connectivity index (χ1v) is 13.9. The maximum absolute atomic E-state index is 13.1. The van der Waals surface area contributed by atoms with Crippen molar-refractivity contribution in [2.75, 3.05) is 18.5 Å². The first-order chi connectivity index (χ1) is 20.4. The van der Waals surface area contributed by atoms with Crippen molar-refractivity contribution in [3.05, 3.63) is 143 Å². The average molecular weight is 565 g/mol. The second-order valence-corrected chi connectivity index (χ2v) is 9.93. The lowest BCUT2D eigenvalue weighted by atomic mass is 10.00. The summed E-state index contributed by atoms with van der Waals surface area (Å²) in [4.78, 5) is 25.2. The van der Waals surface area contributed by atoms with Crippen molar-refractivity contribution in [2.24, 2.45) is 5.73 Å². The third-order valence-electron chi connectivity index (χ3n) is 6.84. The van der Waals surface area contributed by atoms with Gasteiger partial charge in [-0.2, -0.15) is 0 Å². The van der Waals surface area contributed by atoms with Crippen LogP contribution in [0.25, 0.3) is 0 Å². The van der Waals surface area contributed by atoms with Crippen LogP contribution in [0.15, 0.2) is 126 Å². The average Bonchev–Trinajstić information content (AvgIpc) is 3.29. The molecule has 1 aliphatic rings. The Morgan fingerprint density at radius 1 is 0.952 bits per heavy atom. The molecular formula is C35H36N2O5. The third-order valence-corrected chi connectivity index (χ3v) is 6.84. The van der Waals surface area contributed by atoms with E-state index in [1.54, 1.807) is 48.5 Å². The lowest BCUT2D eigenvalue weighted by Crippen LogP contribution is -2.32. The second-order valence-electron chi connectivity index (χ2n) is 9.93.